The SMILES string of the molecule is Clc1cccc(-c2cccc(C=NNc3ccccc3)c2)c1. The van der Waals surface area contributed by atoms with Gasteiger partial charge in [0.1, 0.15) is 0 Å². The predicted octanol–water partition coefficient (Wildman–Crippen LogP) is 5.45. The van der Waals surface area contributed by atoms with Gasteiger partial charge < -0.3 is 0 Å². The number of para-hydroxylation sites is 1. The second-order valence-electron chi connectivity index (χ2n) is 4.87. The third-order valence-electron chi connectivity index (χ3n) is 3.23. The summed E-state index contributed by atoms with van der Waals surface area (Å²) in [5, 5.41) is 5.00. The Balaban J connectivity index is 1.77. The van der Waals surface area contributed by atoms with Gasteiger partial charge in [-0.1, -0.05) is 60.1 Å². The second-order valence-corrected chi connectivity index (χ2v) is 5.31. The highest BCUT2D eigenvalue weighted by molar-refractivity contribution is 6.30. The van der Waals surface area contributed by atoms with Crippen LogP contribution in [0.2, 0.25) is 5.02 Å². The first kappa shape index (κ1) is 14.4. The van der Waals surface area contributed by atoms with Crippen LogP contribution in [-0.2, 0) is 0 Å². The third kappa shape index (κ3) is 3.74. The summed E-state index contributed by atoms with van der Waals surface area (Å²) in [5.41, 5.74) is 7.21. The van der Waals surface area contributed by atoms with Crippen molar-refractivity contribution >= 4 is 23.5 Å². The van der Waals surface area contributed by atoms with Crippen LogP contribution >= 0.6 is 11.6 Å². The molecule has 1 N–H and O–H groups in total. The Kier molecular flexibility index (Phi) is 4.52. The van der Waals surface area contributed by atoms with Crippen LogP contribution in [0.5, 0.6) is 0 Å². The molecule has 0 amide bonds. The number of anilines is 1. The maximum absolute atomic E-state index is 6.05. The molecular weight excluding hydrogens is 292 g/mol. The van der Waals surface area contributed by atoms with Crippen LogP contribution in [-0.4, -0.2) is 6.21 Å². The topological polar surface area (TPSA) is 24.4 Å². The van der Waals surface area contributed by atoms with Crippen LogP contribution in [0.3, 0.4) is 0 Å². The lowest BCUT2D eigenvalue weighted by Crippen LogP contribution is -1.90. The van der Waals surface area contributed by atoms with E-state index in [1.807, 2.05) is 66.7 Å². The molecule has 0 saturated heterocycles. The highest BCUT2D eigenvalue weighted by atomic mass is 35.5. The summed E-state index contributed by atoms with van der Waals surface area (Å²) in [6.07, 6.45) is 1.81. The fraction of sp³-hybridized carbons (Fsp3) is 0. The number of hydrogen-bond donors (Lipinski definition) is 1. The number of rotatable bonds is 4. The average Bonchev–Trinajstić information content (AvgIpc) is 2.56. The summed E-state index contributed by atoms with van der Waals surface area (Å²) in [7, 11) is 0. The van der Waals surface area contributed by atoms with Gasteiger partial charge in [-0.25, -0.2) is 0 Å². The minimum absolute atomic E-state index is 0.738. The van der Waals surface area contributed by atoms with Crippen molar-refractivity contribution in [1.29, 1.82) is 0 Å². The number of nitrogens with zero attached hydrogens (tertiary/aromatic N) is 1. The zero-order valence-electron chi connectivity index (χ0n) is 11.9. The molecule has 3 rings (SSSR count). The van der Waals surface area contributed by atoms with Gasteiger partial charge in [0, 0.05) is 5.02 Å². The lowest BCUT2D eigenvalue weighted by molar-refractivity contribution is 1.35. The summed E-state index contributed by atoms with van der Waals surface area (Å²) in [6, 6.07) is 25.9. The van der Waals surface area contributed by atoms with Crippen molar-refractivity contribution in [2.75, 3.05) is 5.43 Å². The molecule has 0 radical (unpaired) electrons. The lowest BCUT2D eigenvalue weighted by atomic mass is 10.0. The van der Waals surface area contributed by atoms with E-state index in [1.54, 1.807) is 6.21 Å². The van der Waals surface area contributed by atoms with Gasteiger partial charge in [0.15, 0.2) is 0 Å². The normalized spacial score (nSPS) is 10.8. The summed E-state index contributed by atoms with van der Waals surface area (Å²) < 4.78 is 0. The molecule has 108 valence electrons. The first-order valence-corrected chi connectivity index (χ1v) is 7.39. The number of halogens is 1. The molecule has 0 bridgehead atoms. The minimum Gasteiger partial charge on any atom is -0.279 e. The average molecular weight is 307 g/mol. The molecule has 0 atom stereocenters. The molecule has 3 heteroatoms. The van der Waals surface area contributed by atoms with Crippen molar-refractivity contribution in [2.24, 2.45) is 5.10 Å². The maximum atomic E-state index is 6.05. The number of benzene rings is 3. The molecule has 0 fully saturated rings. The summed E-state index contributed by atoms with van der Waals surface area (Å²) in [4.78, 5) is 0. The zero-order chi connectivity index (χ0) is 15.2. The van der Waals surface area contributed by atoms with Crippen molar-refractivity contribution in [3.63, 3.8) is 0 Å². The van der Waals surface area contributed by atoms with Crippen molar-refractivity contribution in [3.8, 4) is 11.1 Å². The van der Waals surface area contributed by atoms with Crippen LogP contribution in [0.25, 0.3) is 11.1 Å². The molecule has 0 aromatic heterocycles. The Bertz CT molecular complexity index is 782. The Morgan fingerprint density at radius 3 is 2.27 bits per heavy atom. The Morgan fingerprint density at radius 1 is 0.773 bits per heavy atom. The van der Waals surface area contributed by atoms with Gasteiger partial charge in [0.2, 0.25) is 0 Å². The van der Waals surface area contributed by atoms with Crippen molar-refractivity contribution in [3.05, 3.63) is 89.4 Å². The molecule has 0 spiro atoms. The first-order valence-electron chi connectivity index (χ1n) is 7.01. The van der Waals surface area contributed by atoms with E-state index in [9.17, 15) is 0 Å². The van der Waals surface area contributed by atoms with Crippen LogP contribution in [0.15, 0.2) is 84.0 Å². The first-order chi connectivity index (χ1) is 10.8. The second kappa shape index (κ2) is 6.92. The summed E-state index contributed by atoms with van der Waals surface area (Å²) in [5.74, 6) is 0. The largest absolute Gasteiger partial charge is 0.279 e. The molecule has 0 aliphatic rings. The number of hydrazone groups is 1. The minimum atomic E-state index is 0.738. The van der Waals surface area contributed by atoms with Crippen molar-refractivity contribution in [2.45, 2.75) is 0 Å². The molecular formula is C19H15ClN2. The van der Waals surface area contributed by atoms with Gasteiger partial charge in [-0.2, -0.15) is 5.10 Å². The molecule has 0 unspecified atom stereocenters. The molecule has 3 aromatic rings. The fourth-order valence-electron chi connectivity index (χ4n) is 2.16. The van der Waals surface area contributed by atoms with E-state index in [4.69, 9.17) is 11.6 Å². The van der Waals surface area contributed by atoms with Crippen molar-refractivity contribution in [1.82, 2.24) is 0 Å². The summed E-state index contributed by atoms with van der Waals surface area (Å²) in [6.45, 7) is 0. The zero-order valence-corrected chi connectivity index (χ0v) is 12.7. The van der Waals surface area contributed by atoms with E-state index in [-0.39, 0.29) is 0 Å². The highest BCUT2D eigenvalue weighted by Gasteiger charge is 1.99. The third-order valence-corrected chi connectivity index (χ3v) is 3.46. The highest BCUT2D eigenvalue weighted by Crippen LogP contribution is 2.23. The van der Waals surface area contributed by atoms with Gasteiger partial charge in [0.05, 0.1) is 11.9 Å². The maximum Gasteiger partial charge on any atom is 0.0561 e. The lowest BCUT2D eigenvalue weighted by Gasteiger charge is -2.04. The van der Waals surface area contributed by atoms with E-state index in [0.29, 0.717) is 0 Å². The molecule has 0 heterocycles. The Hall–Kier alpha value is -2.58. The quantitative estimate of drug-likeness (QED) is 0.503. The van der Waals surface area contributed by atoms with Crippen molar-refractivity contribution < 1.29 is 0 Å². The van der Waals surface area contributed by atoms with Gasteiger partial charge in [0.25, 0.3) is 0 Å². The van der Waals surface area contributed by atoms with Crippen LogP contribution in [0, 0.1) is 0 Å². The molecule has 0 aliphatic carbocycles. The predicted molar refractivity (Wildman–Crippen MR) is 94.5 cm³/mol. The van der Waals surface area contributed by atoms with Gasteiger partial charge in [-0.05, 0) is 47.0 Å². The van der Waals surface area contributed by atoms with Gasteiger partial charge in [-0.15, -0.1) is 0 Å². The van der Waals surface area contributed by atoms with Crippen LogP contribution in [0.4, 0.5) is 5.69 Å². The molecule has 2 nitrogen and oxygen atoms in total. The van der Waals surface area contributed by atoms with E-state index in [0.717, 1.165) is 27.4 Å². The Labute approximate surface area is 135 Å². The van der Waals surface area contributed by atoms with Crippen LogP contribution in [0.1, 0.15) is 5.56 Å². The van der Waals surface area contributed by atoms with Gasteiger partial charge in [-0.3, -0.25) is 5.43 Å². The summed E-state index contributed by atoms with van der Waals surface area (Å²) >= 11 is 6.05. The molecule has 22 heavy (non-hydrogen) atoms. The van der Waals surface area contributed by atoms with E-state index in [2.05, 4.69) is 22.7 Å². The monoisotopic (exact) mass is 306 g/mol. The van der Waals surface area contributed by atoms with E-state index in [1.165, 1.54) is 0 Å². The molecule has 0 aliphatic heterocycles. The van der Waals surface area contributed by atoms with E-state index >= 15 is 0 Å². The molecule has 3 aromatic carbocycles. The number of nitrogens with one attached hydrogen (secondary N) is 1. The van der Waals surface area contributed by atoms with E-state index < -0.39 is 0 Å². The smallest absolute Gasteiger partial charge is 0.0561 e. The number of hydrogen-bond acceptors (Lipinski definition) is 2. The molecule has 0 saturated carbocycles. The Morgan fingerprint density at radius 2 is 1.50 bits per heavy atom. The van der Waals surface area contributed by atoms with Crippen LogP contribution < -0.4 is 5.43 Å². The van der Waals surface area contributed by atoms with Gasteiger partial charge >= 0.3 is 0 Å². The fourth-order valence-corrected chi connectivity index (χ4v) is 2.35. The standard InChI is InChI=1S/C19H15ClN2/c20-18-9-5-8-17(13-18)16-7-4-6-15(12-16)14-21-22-19-10-2-1-3-11-19/h1-14,22H.